The Hall–Kier alpha value is -4.20. The molecule has 0 bridgehead atoms. The maximum absolute atomic E-state index is 13.9. The summed E-state index contributed by atoms with van der Waals surface area (Å²) in [5, 5.41) is 3.01. The van der Waals surface area contributed by atoms with Crippen LogP contribution < -0.4 is 19.7 Å². The van der Waals surface area contributed by atoms with Gasteiger partial charge in [0.15, 0.2) is 11.6 Å². The first-order chi connectivity index (χ1) is 15.9. The second-order valence-corrected chi connectivity index (χ2v) is 7.11. The number of carbonyl (C=O) groups excluding carboxylic acids is 2. The summed E-state index contributed by atoms with van der Waals surface area (Å²) >= 11 is 0. The molecule has 0 atom stereocenters. The monoisotopic (exact) mass is 450 g/mol. The molecule has 0 spiro atoms. The van der Waals surface area contributed by atoms with Crippen molar-refractivity contribution in [1.29, 1.82) is 0 Å². The van der Waals surface area contributed by atoms with Gasteiger partial charge in [0.25, 0.3) is 11.8 Å². The molecule has 4 rings (SSSR count). The molecule has 1 N–H and O–H groups in total. The summed E-state index contributed by atoms with van der Waals surface area (Å²) < 4.78 is 38.0. The van der Waals surface area contributed by atoms with E-state index in [1.807, 2.05) is 6.92 Å². The Bertz CT molecular complexity index is 1260. The number of imide groups is 1. The van der Waals surface area contributed by atoms with E-state index in [-0.39, 0.29) is 17.0 Å². The standard InChI is InChI=1S/C25H20F2N2O4/c1-3-33-19-6-4-5-16(13-19)28-23-22(15-7-10-18(32-2)11-8-15)24(30)29(25(23)31)17-9-12-20(26)21(27)14-17/h4-14,28H,3H2,1-2H3. The summed E-state index contributed by atoms with van der Waals surface area (Å²) in [6.45, 7) is 2.31. The zero-order valence-corrected chi connectivity index (χ0v) is 17.9. The molecule has 6 nitrogen and oxygen atoms in total. The highest BCUT2D eigenvalue weighted by molar-refractivity contribution is 6.46. The second kappa shape index (κ2) is 9.12. The highest BCUT2D eigenvalue weighted by Gasteiger charge is 2.40. The molecule has 1 aliphatic rings. The lowest BCUT2D eigenvalue weighted by molar-refractivity contribution is -0.120. The van der Waals surface area contributed by atoms with Crippen molar-refractivity contribution in [3.05, 3.63) is 89.6 Å². The van der Waals surface area contributed by atoms with E-state index >= 15 is 0 Å². The summed E-state index contributed by atoms with van der Waals surface area (Å²) in [7, 11) is 1.52. The van der Waals surface area contributed by atoms with Gasteiger partial charge in [0.1, 0.15) is 17.2 Å². The van der Waals surface area contributed by atoms with Crippen LogP contribution in [0, 0.1) is 11.6 Å². The fraction of sp³-hybridized carbons (Fsp3) is 0.120. The van der Waals surface area contributed by atoms with Gasteiger partial charge in [0.05, 0.1) is 25.0 Å². The Balaban J connectivity index is 1.80. The number of benzene rings is 3. The molecule has 0 saturated heterocycles. The molecule has 0 aromatic heterocycles. The fourth-order valence-corrected chi connectivity index (χ4v) is 3.50. The molecular formula is C25H20F2N2O4. The van der Waals surface area contributed by atoms with Crippen molar-refractivity contribution >= 4 is 28.8 Å². The topological polar surface area (TPSA) is 67.9 Å². The van der Waals surface area contributed by atoms with Gasteiger partial charge in [-0.2, -0.15) is 0 Å². The fourth-order valence-electron chi connectivity index (χ4n) is 3.50. The van der Waals surface area contributed by atoms with E-state index in [0.717, 1.165) is 17.0 Å². The number of hydrogen-bond acceptors (Lipinski definition) is 5. The molecule has 0 radical (unpaired) electrons. The molecule has 33 heavy (non-hydrogen) atoms. The third-order valence-corrected chi connectivity index (χ3v) is 5.04. The number of anilines is 2. The van der Waals surface area contributed by atoms with Crippen LogP contribution in [0.5, 0.6) is 11.5 Å². The van der Waals surface area contributed by atoms with E-state index in [2.05, 4.69) is 5.32 Å². The van der Waals surface area contributed by atoms with E-state index in [9.17, 15) is 18.4 Å². The van der Waals surface area contributed by atoms with Crippen molar-refractivity contribution in [3.63, 3.8) is 0 Å². The zero-order valence-electron chi connectivity index (χ0n) is 17.9. The van der Waals surface area contributed by atoms with Gasteiger partial charge in [0.2, 0.25) is 0 Å². The minimum atomic E-state index is -1.16. The van der Waals surface area contributed by atoms with Crippen molar-refractivity contribution in [3.8, 4) is 11.5 Å². The van der Waals surface area contributed by atoms with Crippen molar-refractivity contribution in [2.75, 3.05) is 23.9 Å². The predicted molar refractivity (Wildman–Crippen MR) is 120 cm³/mol. The number of nitrogens with one attached hydrogen (secondary N) is 1. The largest absolute Gasteiger partial charge is 0.497 e. The Morgan fingerprint density at radius 3 is 2.30 bits per heavy atom. The van der Waals surface area contributed by atoms with Gasteiger partial charge in [0, 0.05) is 17.8 Å². The van der Waals surface area contributed by atoms with E-state index in [0.29, 0.717) is 29.4 Å². The summed E-state index contributed by atoms with van der Waals surface area (Å²) in [5.41, 5.74) is 1.01. The molecule has 0 unspecified atom stereocenters. The molecule has 0 fully saturated rings. The van der Waals surface area contributed by atoms with Gasteiger partial charge < -0.3 is 14.8 Å². The number of carbonyl (C=O) groups is 2. The van der Waals surface area contributed by atoms with E-state index < -0.39 is 23.4 Å². The van der Waals surface area contributed by atoms with Gasteiger partial charge in [-0.25, -0.2) is 13.7 Å². The van der Waals surface area contributed by atoms with Crippen molar-refractivity contribution in [2.24, 2.45) is 0 Å². The molecule has 2 amide bonds. The van der Waals surface area contributed by atoms with Gasteiger partial charge in [-0.05, 0) is 48.9 Å². The second-order valence-electron chi connectivity index (χ2n) is 7.11. The molecule has 0 aliphatic carbocycles. The van der Waals surface area contributed by atoms with E-state index in [4.69, 9.17) is 9.47 Å². The quantitative estimate of drug-likeness (QED) is 0.526. The van der Waals surface area contributed by atoms with Crippen molar-refractivity contribution in [2.45, 2.75) is 6.92 Å². The van der Waals surface area contributed by atoms with Crippen LogP contribution in [0.4, 0.5) is 20.2 Å². The highest BCUT2D eigenvalue weighted by atomic mass is 19.2. The number of halogens is 2. The molecule has 1 heterocycles. The van der Waals surface area contributed by atoms with Crippen LogP contribution >= 0.6 is 0 Å². The van der Waals surface area contributed by atoms with Crippen LogP contribution in [-0.2, 0) is 9.59 Å². The minimum Gasteiger partial charge on any atom is -0.497 e. The first-order valence-corrected chi connectivity index (χ1v) is 10.2. The predicted octanol–water partition coefficient (Wildman–Crippen LogP) is 4.77. The summed E-state index contributed by atoms with van der Waals surface area (Å²) in [5.74, 6) is -2.44. The van der Waals surface area contributed by atoms with Crippen molar-refractivity contribution in [1.82, 2.24) is 0 Å². The molecule has 3 aromatic rings. The third-order valence-electron chi connectivity index (χ3n) is 5.04. The van der Waals surface area contributed by atoms with Crippen LogP contribution in [0.15, 0.2) is 72.4 Å². The lowest BCUT2D eigenvalue weighted by atomic mass is 10.0. The van der Waals surface area contributed by atoms with Crippen LogP contribution in [-0.4, -0.2) is 25.5 Å². The number of nitrogens with zero attached hydrogens (tertiary/aromatic N) is 1. The third kappa shape index (κ3) is 4.27. The van der Waals surface area contributed by atoms with Gasteiger partial charge in [-0.3, -0.25) is 9.59 Å². The molecule has 3 aromatic carbocycles. The van der Waals surface area contributed by atoms with Crippen molar-refractivity contribution < 1.29 is 27.8 Å². The lowest BCUT2D eigenvalue weighted by Crippen LogP contribution is -2.32. The Kier molecular flexibility index (Phi) is 6.08. The minimum absolute atomic E-state index is 0.00329. The van der Waals surface area contributed by atoms with Crippen LogP contribution in [0.3, 0.4) is 0 Å². The van der Waals surface area contributed by atoms with Gasteiger partial charge in [-0.1, -0.05) is 18.2 Å². The lowest BCUT2D eigenvalue weighted by Gasteiger charge is -2.16. The summed E-state index contributed by atoms with van der Waals surface area (Å²) in [6, 6.07) is 16.4. The van der Waals surface area contributed by atoms with E-state index in [1.54, 1.807) is 48.5 Å². The van der Waals surface area contributed by atoms with E-state index in [1.165, 1.54) is 13.2 Å². The van der Waals surface area contributed by atoms with Crippen LogP contribution in [0.25, 0.3) is 5.57 Å². The SMILES string of the molecule is CCOc1cccc(NC2=C(c3ccc(OC)cc3)C(=O)N(c3ccc(F)c(F)c3)C2=O)c1. The Morgan fingerprint density at radius 1 is 0.879 bits per heavy atom. The Morgan fingerprint density at radius 2 is 1.64 bits per heavy atom. The summed E-state index contributed by atoms with van der Waals surface area (Å²) in [6.07, 6.45) is 0. The molecule has 168 valence electrons. The maximum atomic E-state index is 13.9. The molecular weight excluding hydrogens is 430 g/mol. The van der Waals surface area contributed by atoms with Crippen LogP contribution in [0.2, 0.25) is 0 Å². The number of ether oxygens (including phenoxy) is 2. The number of methoxy groups -OCH3 is 1. The van der Waals surface area contributed by atoms with Gasteiger partial charge in [-0.15, -0.1) is 0 Å². The molecule has 1 aliphatic heterocycles. The summed E-state index contributed by atoms with van der Waals surface area (Å²) in [4.78, 5) is 27.5. The first-order valence-electron chi connectivity index (χ1n) is 10.2. The normalized spacial score (nSPS) is 13.5. The zero-order chi connectivity index (χ0) is 23.5. The number of rotatable bonds is 7. The number of amides is 2. The highest BCUT2D eigenvalue weighted by Crippen LogP contribution is 2.35. The first kappa shape index (κ1) is 22.0. The average molecular weight is 450 g/mol. The van der Waals surface area contributed by atoms with Gasteiger partial charge >= 0.3 is 0 Å². The molecule has 8 heteroatoms. The van der Waals surface area contributed by atoms with Crippen LogP contribution in [0.1, 0.15) is 12.5 Å². The number of hydrogen-bond donors (Lipinski definition) is 1. The smallest absolute Gasteiger partial charge is 0.282 e. The molecule has 0 saturated carbocycles. The Labute approximate surface area is 189 Å². The average Bonchev–Trinajstić information content (AvgIpc) is 3.05. The maximum Gasteiger partial charge on any atom is 0.282 e.